The third kappa shape index (κ3) is 6.79. The largest absolute Gasteiger partial charge is 0.382 e. The fourth-order valence-corrected chi connectivity index (χ4v) is 4.04. The van der Waals surface area contributed by atoms with Crippen molar-refractivity contribution in [3.05, 3.63) is 34.3 Å². The van der Waals surface area contributed by atoms with Gasteiger partial charge in [-0.15, -0.1) is 0 Å². The van der Waals surface area contributed by atoms with Crippen LogP contribution in [-0.2, 0) is 4.74 Å². The van der Waals surface area contributed by atoms with Crippen LogP contribution in [0.4, 0.5) is 23.3 Å². The predicted octanol–water partition coefficient (Wildman–Crippen LogP) is 2.16. The van der Waals surface area contributed by atoms with Gasteiger partial charge in [-0.2, -0.15) is 15.2 Å². The number of likely N-dealkylation sites (N-methyl/N-ethyl adjacent to an activating group) is 1. The molecule has 0 spiro atoms. The van der Waals surface area contributed by atoms with Crippen LogP contribution in [0.5, 0.6) is 0 Å². The molecule has 0 amide bonds. The zero-order valence-corrected chi connectivity index (χ0v) is 20.6. The Morgan fingerprint density at radius 3 is 2.83 bits per heavy atom. The van der Waals surface area contributed by atoms with Gasteiger partial charge in [-0.3, -0.25) is 9.69 Å². The summed E-state index contributed by atoms with van der Waals surface area (Å²) in [6.45, 7) is 6.84. The number of halogens is 1. The summed E-state index contributed by atoms with van der Waals surface area (Å²) in [7, 11) is 1.93. The first-order valence-electron chi connectivity index (χ1n) is 11.3. The summed E-state index contributed by atoms with van der Waals surface area (Å²) in [5.41, 5.74) is 12.4. The molecule has 1 atom stereocenters. The van der Waals surface area contributed by atoms with Crippen LogP contribution < -0.4 is 16.8 Å². The molecule has 1 saturated heterocycles. The number of amidine groups is 1. The van der Waals surface area contributed by atoms with Crippen LogP contribution in [0.25, 0.3) is 0 Å². The summed E-state index contributed by atoms with van der Waals surface area (Å²) >= 11 is 6.22. The normalized spacial score (nSPS) is 15.3. The topological polar surface area (TPSA) is 159 Å². The van der Waals surface area contributed by atoms with E-state index in [-0.39, 0.29) is 23.1 Å². The summed E-state index contributed by atoms with van der Waals surface area (Å²) in [5, 5.41) is 13.0. The van der Waals surface area contributed by atoms with E-state index >= 15 is 0 Å². The Bertz CT molecular complexity index is 1110. The van der Waals surface area contributed by atoms with Gasteiger partial charge < -0.3 is 26.4 Å². The molecule has 35 heavy (non-hydrogen) atoms. The molecule has 3 rings (SSSR count). The van der Waals surface area contributed by atoms with Gasteiger partial charge in [0.25, 0.3) is 0 Å². The van der Waals surface area contributed by atoms with E-state index in [1.54, 1.807) is 18.2 Å². The van der Waals surface area contributed by atoms with Gasteiger partial charge in [0.05, 0.1) is 35.5 Å². The molecule has 2 heterocycles. The number of anilines is 3. The summed E-state index contributed by atoms with van der Waals surface area (Å²) in [4.78, 5) is 28.9. The van der Waals surface area contributed by atoms with Crippen molar-refractivity contribution in [1.29, 1.82) is 5.26 Å². The monoisotopic (exact) mass is 499 g/mol. The average Bonchev–Trinajstić information content (AvgIpc) is 2.83. The molecule has 2 aromatic rings. The highest BCUT2D eigenvalue weighted by atomic mass is 35.5. The lowest BCUT2D eigenvalue weighted by Crippen LogP contribution is -2.42. The molecule has 0 bridgehead atoms. The number of aliphatic imine (C=N–C) groups is 1. The number of carbonyl (C=O) groups is 1. The Morgan fingerprint density at radius 1 is 1.40 bits per heavy atom. The smallest absolute Gasteiger partial charge is 0.224 e. The minimum atomic E-state index is -0.428. The zero-order chi connectivity index (χ0) is 25.4. The van der Waals surface area contributed by atoms with Crippen molar-refractivity contribution in [3.63, 3.8) is 0 Å². The van der Waals surface area contributed by atoms with Crippen molar-refractivity contribution in [2.75, 3.05) is 63.2 Å². The predicted molar refractivity (Wildman–Crippen MR) is 137 cm³/mol. The van der Waals surface area contributed by atoms with E-state index in [1.165, 1.54) is 0 Å². The molecule has 11 nitrogen and oxygen atoms in total. The fraction of sp³-hybridized carbons (Fsp3) is 0.435. The van der Waals surface area contributed by atoms with Gasteiger partial charge in [-0.25, -0.2) is 4.99 Å². The van der Waals surface area contributed by atoms with E-state index < -0.39 is 6.04 Å². The molecule has 0 aliphatic carbocycles. The molecule has 1 fully saturated rings. The van der Waals surface area contributed by atoms with Crippen LogP contribution in [0.1, 0.15) is 29.3 Å². The van der Waals surface area contributed by atoms with Crippen molar-refractivity contribution < 1.29 is 9.53 Å². The second-order valence-electron chi connectivity index (χ2n) is 8.16. The zero-order valence-electron chi connectivity index (χ0n) is 19.9. The SMILES string of the molecule is C[C@H](Nc1nc(N)nc(N)c1C#N)C(=Nc1cccc(Cl)c1C=O)N(C)CCCN1CCOCC1. The van der Waals surface area contributed by atoms with Crippen LogP contribution >= 0.6 is 11.6 Å². The molecule has 12 heteroatoms. The third-order valence-electron chi connectivity index (χ3n) is 5.65. The van der Waals surface area contributed by atoms with E-state index in [0.29, 0.717) is 34.9 Å². The van der Waals surface area contributed by atoms with E-state index in [9.17, 15) is 10.1 Å². The van der Waals surface area contributed by atoms with Crippen LogP contribution in [0, 0.1) is 11.3 Å². The van der Waals surface area contributed by atoms with Crippen LogP contribution in [0.15, 0.2) is 23.2 Å². The summed E-state index contributed by atoms with van der Waals surface area (Å²) in [5.74, 6) is 0.773. The number of ether oxygens (including phenoxy) is 1. The highest BCUT2D eigenvalue weighted by Crippen LogP contribution is 2.26. The van der Waals surface area contributed by atoms with Gasteiger partial charge in [0.15, 0.2) is 12.1 Å². The van der Waals surface area contributed by atoms with Gasteiger partial charge >= 0.3 is 0 Å². The first kappa shape index (κ1) is 26.2. The number of nitrogens with one attached hydrogen (secondary N) is 1. The lowest BCUT2D eigenvalue weighted by atomic mass is 10.2. The molecule has 0 saturated carbocycles. The minimum absolute atomic E-state index is 0.00913. The van der Waals surface area contributed by atoms with E-state index in [2.05, 4.69) is 20.2 Å². The summed E-state index contributed by atoms with van der Waals surface area (Å²) < 4.78 is 5.42. The van der Waals surface area contributed by atoms with Crippen molar-refractivity contribution in [3.8, 4) is 6.07 Å². The molecule has 1 aromatic carbocycles. The second kappa shape index (κ2) is 12.3. The molecule has 186 valence electrons. The van der Waals surface area contributed by atoms with Gasteiger partial charge in [-0.05, 0) is 25.5 Å². The number of nitriles is 1. The maximum atomic E-state index is 11.7. The Balaban J connectivity index is 1.88. The Morgan fingerprint density at radius 2 is 2.14 bits per heavy atom. The molecule has 0 radical (unpaired) electrons. The van der Waals surface area contributed by atoms with Gasteiger partial charge in [0, 0.05) is 33.2 Å². The molecule has 1 aliphatic heterocycles. The number of nitrogens with zero attached hydrogens (tertiary/aromatic N) is 6. The second-order valence-corrected chi connectivity index (χ2v) is 8.57. The van der Waals surface area contributed by atoms with E-state index in [0.717, 1.165) is 39.3 Å². The molecular formula is C23H30ClN9O2. The first-order valence-corrected chi connectivity index (χ1v) is 11.6. The number of benzene rings is 1. The standard InChI is InChI=1S/C23H30ClN9O2/c1-15(28-21-16(13-25)20(26)30-23(27)31-21)22(29-19-6-3-5-18(24)17(19)14-34)32(2)7-4-8-33-9-11-35-12-10-33/h3,5-6,14-15H,4,7-12H2,1-2H3,(H5,26,27,28,30,31)/t15-/m0/s1. The van der Waals surface area contributed by atoms with Crippen LogP contribution in [0.3, 0.4) is 0 Å². The highest BCUT2D eigenvalue weighted by Gasteiger charge is 2.21. The number of aldehydes is 1. The number of hydrogen-bond acceptors (Lipinski definition) is 10. The quantitative estimate of drug-likeness (QED) is 0.265. The van der Waals surface area contributed by atoms with Gasteiger partial charge in [0.2, 0.25) is 5.95 Å². The number of morpholine rings is 1. The van der Waals surface area contributed by atoms with Crippen molar-refractivity contribution in [2.24, 2.45) is 4.99 Å². The first-order chi connectivity index (χ1) is 16.8. The molecular weight excluding hydrogens is 470 g/mol. The lowest BCUT2D eigenvalue weighted by molar-refractivity contribution is 0.0369. The van der Waals surface area contributed by atoms with Crippen LogP contribution in [0.2, 0.25) is 5.02 Å². The molecule has 5 N–H and O–H groups in total. The lowest BCUT2D eigenvalue weighted by Gasteiger charge is -2.30. The average molecular weight is 500 g/mol. The van der Waals surface area contributed by atoms with Crippen molar-refractivity contribution in [1.82, 2.24) is 19.8 Å². The van der Waals surface area contributed by atoms with Crippen molar-refractivity contribution >= 4 is 47.0 Å². The van der Waals surface area contributed by atoms with Gasteiger partial charge in [0.1, 0.15) is 23.3 Å². The fourth-order valence-electron chi connectivity index (χ4n) is 3.83. The molecule has 0 unspecified atom stereocenters. The van der Waals surface area contributed by atoms with Gasteiger partial charge in [-0.1, -0.05) is 17.7 Å². The van der Waals surface area contributed by atoms with Crippen molar-refractivity contribution in [2.45, 2.75) is 19.4 Å². The minimum Gasteiger partial charge on any atom is -0.382 e. The van der Waals surface area contributed by atoms with E-state index in [1.807, 2.05) is 24.9 Å². The third-order valence-corrected chi connectivity index (χ3v) is 5.98. The summed E-state index contributed by atoms with van der Waals surface area (Å²) in [6, 6.07) is 6.69. The number of rotatable bonds is 9. The Hall–Kier alpha value is -3.46. The maximum Gasteiger partial charge on any atom is 0.224 e. The van der Waals surface area contributed by atoms with E-state index in [4.69, 9.17) is 32.8 Å². The Labute approximate surface area is 209 Å². The number of aromatic nitrogens is 2. The number of carbonyl (C=O) groups excluding carboxylic acids is 1. The Kier molecular flexibility index (Phi) is 9.19. The molecule has 1 aromatic heterocycles. The number of nitrogens with two attached hydrogens (primary N) is 2. The molecule has 1 aliphatic rings. The number of nitrogen functional groups attached to an aromatic ring is 2. The maximum absolute atomic E-state index is 11.7. The highest BCUT2D eigenvalue weighted by molar-refractivity contribution is 6.33. The summed E-state index contributed by atoms with van der Waals surface area (Å²) in [6.07, 6.45) is 1.59. The number of hydrogen-bond donors (Lipinski definition) is 3. The van der Waals surface area contributed by atoms with Crippen LogP contribution in [-0.4, -0.2) is 84.4 Å².